The average Bonchev–Trinajstić information content (AvgIpc) is 3.40. The predicted octanol–water partition coefficient (Wildman–Crippen LogP) is 10.7. The van der Waals surface area contributed by atoms with Crippen molar-refractivity contribution in [1.82, 2.24) is 4.90 Å². The minimum atomic E-state index is -0.0519. The number of hydrogen-bond acceptors (Lipinski definition) is 5. The molecule has 43 heavy (non-hydrogen) atoms. The molecule has 1 aliphatic heterocycles. The Morgan fingerprint density at radius 3 is 2.02 bits per heavy atom. The third-order valence-electron chi connectivity index (χ3n) is 7.97. The lowest BCUT2D eigenvalue weighted by Crippen LogP contribution is -2.17. The second kappa shape index (κ2) is 22.4. The van der Waals surface area contributed by atoms with E-state index in [0.717, 1.165) is 41.6 Å². The summed E-state index contributed by atoms with van der Waals surface area (Å²) in [7, 11) is 1.66. The van der Waals surface area contributed by atoms with Crippen molar-refractivity contribution in [3.63, 3.8) is 0 Å². The molecule has 1 amide bonds. The van der Waals surface area contributed by atoms with Gasteiger partial charge in [0.05, 0.1) is 26.0 Å². The van der Waals surface area contributed by atoms with E-state index in [-0.39, 0.29) is 29.3 Å². The van der Waals surface area contributed by atoms with Crippen molar-refractivity contribution in [2.24, 2.45) is 0 Å². The smallest absolute Gasteiger partial charge is 0.228 e. The normalized spacial score (nSPS) is 12.5. The summed E-state index contributed by atoms with van der Waals surface area (Å²) >= 11 is 1.83. The van der Waals surface area contributed by atoms with E-state index in [9.17, 15) is 4.79 Å². The van der Waals surface area contributed by atoms with Gasteiger partial charge in [-0.3, -0.25) is 4.79 Å². The van der Waals surface area contributed by atoms with Crippen LogP contribution in [0.15, 0.2) is 53.6 Å². The van der Waals surface area contributed by atoms with Gasteiger partial charge in [-0.2, -0.15) is 0 Å². The highest BCUT2D eigenvalue weighted by Gasteiger charge is 2.13. The van der Waals surface area contributed by atoms with Crippen molar-refractivity contribution >= 4 is 40.3 Å². The lowest BCUT2D eigenvalue weighted by molar-refractivity contribution is -0.115. The van der Waals surface area contributed by atoms with E-state index < -0.39 is 0 Å². The van der Waals surface area contributed by atoms with Gasteiger partial charge in [0.25, 0.3) is 0 Å². The van der Waals surface area contributed by atoms with Crippen LogP contribution in [0.2, 0.25) is 0 Å². The lowest BCUT2D eigenvalue weighted by atomic mass is 10.0. The Hall–Kier alpha value is -2.12. The maximum Gasteiger partial charge on any atom is 0.228 e. The molecule has 3 rings (SSSR count). The number of allylic oxidation sites excluding steroid dienone is 1. The van der Waals surface area contributed by atoms with Crippen molar-refractivity contribution in [3.05, 3.63) is 64.7 Å². The molecule has 0 radical (unpaired) electrons. The van der Waals surface area contributed by atoms with Gasteiger partial charge >= 0.3 is 0 Å². The minimum Gasteiger partial charge on any atom is -0.497 e. The van der Waals surface area contributed by atoms with Gasteiger partial charge in [0, 0.05) is 29.6 Å². The number of benzene rings is 2. The van der Waals surface area contributed by atoms with Gasteiger partial charge in [0.1, 0.15) is 11.5 Å². The summed E-state index contributed by atoms with van der Waals surface area (Å²) in [5, 5.41) is 5.24. The van der Waals surface area contributed by atoms with Gasteiger partial charge < -0.3 is 19.7 Å². The van der Waals surface area contributed by atoms with Crippen LogP contribution in [0.4, 0.5) is 5.69 Å². The number of anilines is 1. The summed E-state index contributed by atoms with van der Waals surface area (Å²) in [6.45, 7) is 5.97. The first-order chi connectivity index (χ1) is 20.6. The Morgan fingerprint density at radius 1 is 0.860 bits per heavy atom. The maximum atomic E-state index is 12.9. The fraction of sp³-hybridized carbons (Fsp3) is 0.583. The fourth-order valence-corrected chi connectivity index (χ4v) is 6.25. The zero-order valence-corrected chi connectivity index (χ0v) is 29.4. The number of rotatable bonds is 22. The molecule has 1 aliphatic rings. The maximum absolute atomic E-state index is 12.9. The van der Waals surface area contributed by atoms with E-state index in [1.807, 2.05) is 42.1 Å². The highest BCUT2D eigenvalue weighted by Crippen LogP contribution is 2.27. The molecule has 1 heterocycles. The molecule has 7 heteroatoms. The van der Waals surface area contributed by atoms with Crippen LogP contribution in [0.5, 0.6) is 11.5 Å². The molecule has 0 saturated carbocycles. The van der Waals surface area contributed by atoms with Crippen LogP contribution in [0, 0.1) is 0 Å². The molecule has 0 fully saturated rings. The fourth-order valence-electron chi connectivity index (χ4n) is 5.31. The number of methoxy groups -OCH3 is 1. The molecule has 0 aromatic heterocycles. The monoisotopic (exact) mass is 674 g/mol. The highest BCUT2D eigenvalue weighted by atomic mass is 79.9. The highest BCUT2D eigenvalue weighted by molar-refractivity contribution is 8.93. The number of ether oxygens (including phenoxy) is 2. The SMILES string of the molecule is Br.CCCCCCCCCCCCCCCCOc1cc(OC)ccc1CC(=O)Nc1ccc(CN2CSC=C2C)cc1. The van der Waals surface area contributed by atoms with Crippen LogP contribution in [0.25, 0.3) is 0 Å². The van der Waals surface area contributed by atoms with Crippen LogP contribution in [0.1, 0.15) is 115 Å². The van der Waals surface area contributed by atoms with E-state index in [1.54, 1.807) is 7.11 Å². The lowest BCUT2D eigenvalue weighted by Gasteiger charge is -2.19. The van der Waals surface area contributed by atoms with Crippen molar-refractivity contribution in [1.29, 1.82) is 0 Å². The molecular weight excluding hydrogens is 620 g/mol. The van der Waals surface area contributed by atoms with Gasteiger partial charge in [-0.1, -0.05) is 109 Å². The first-order valence-corrected chi connectivity index (χ1v) is 17.4. The number of carbonyl (C=O) groups excluding carboxylic acids is 1. The molecule has 0 atom stereocenters. The Labute approximate surface area is 276 Å². The molecule has 0 saturated heterocycles. The average molecular weight is 676 g/mol. The molecule has 0 aliphatic carbocycles. The molecule has 2 aromatic carbocycles. The second-order valence-electron chi connectivity index (χ2n) is 11.6. The van der Waals surface area contributed by atoms with Gasteiger partial charge in [-0.15, -0.1) is 28.7 Å². The van der Waals surface area contributed by atoms with Crippen molar-refractivity contribution in [2.75, 3.05) is 24.9 Å². The first-order valence-electron chi connectivity index (χ1n) is 16.3. The van der Waals surface area contributed by atoms with E-state index in [0.29, 0.717) is 6.61 Å². The summed E-state index contributed by atoms with van der Waals surface area (Å²) in [6, 6.07) is 13.9. The summed E-state index contributed by atoms with van der Waals surface area (Å²) in [6.07, 6.45) is 19.0. The third kappa shape index (κ3) is 14.9. The van der Waals surface area contributed by atoms with Gasteiger partial charge in [-0.05, 0) is 42.5 Å². The molecule has 0 unspecified atom stereocenters. The number of nitrogens with zero attached hydrogens (tertiary/aromatic N) is 1. The summed E-state index contributed by atoms with van der Waals surface area (Å²) in [5.41, 5.74) is 4.23. The predicted molar refractivity (Wildman–Crippen MR) is 190 cm³/mol. The standard InChI is InChI=1S/C36H54N2O3S.BrH/c1-4-5-6-7-8-9-10-11-12-13-14-15-16-17-24-41-35-26-34(40-3)23-20-32(35)25-36(39)37-33-21-18-31(19-22-33)27-38-29-42-28-30(38)2;/h18-23,26,28H,4-17,24-25,27,29H2,1-3H3,(H,37,39);1H. The zero-order chi connectivity index (χ0) is 29.8. The van der Waals surface area contributed by atoms with Crippen molar-refractivity contribution in [3.8, 4) is 11.5 Å². The van der Waals surface area contributed by atoms with Gasteiger partial charge in [0.15, 0.2) is 0 Å². The summed E-state index contributed by atoms with van der Waals surface area (Å²) in [5.74, 6) is 2.42. The second-order valence-corrected chi connectivity index (χ2v) is 12.4. The quantitative estimate of drug-likeness (QED) is 0.126. The van der Waals surface area contributed by atoms with Crippen LogP contribution < -0.4 is 14.8 Å². The molecule has 0 bridgehead atoms. The van der Waals surface area contributed by atoms with Crippen LogP contribution in [0.3, 0.4) is 0 Å². The van der Waals surface area contributed by atoms with Gasteiger partial charge in [0.2, 0.25) is 5.91 Å². The number of thioether (sulfide) groups is 1. The Bertz CT molecular complexity index is 1080. The van der Waals surface area contributed by atoms with Crippen molar-refractivity contribution in [2.45, 2.75) is 117 Å². The van der Waals surface area contributed by atoms with E-state index >= 15 is 0 Å². The van der Waals surface area contributed by atoms with E-state index in [1.165, 1.54) is 94.7 Å². The summed E-state index contributed by atoms with van der Waals surface area (Å²) < 4.78 is 11.6. The molecule has 2 aromatic rings. The minimum absolute atomic E-state index is 0. The number of carbonyl (C=O) groups is 1. The van der Waals surface area contributed by atoms with E-state index in [4.69, 9.17) is 9.47 Å². The Morgan fingerprint density at radius 2 is 1.47 bits per heavy atom. The molecule has 0 spiro atoms. The van der Waals surface area contributed by atoms with E-state index in [2.05, 4.69) is 41.6 Å². The number of amides is 1. The Balaban J connectivity index is 0.00000645. The number of hydrogen-bond donors (Lipinski definition) is 1. The zero-order valence-electron chi connectivity index (χ0n) is 26.8. The van der Waals surface area contributed by atoms with Crippen LogP contribution >= 0.6 is 28.7 Å². The Kier molecular flexibility index (Phi) is 19.3. The van der Waals surface area contributed by atoms with Crippen LogP contribution in [-0.2, 0) is 17.8 Å². The number of nitrogens with one attached hydrogen (secondary N) is 1. The first kappa shape index (κ1) is 37.1. The number of unbranched alkanes of at least 4 members (excludes halogenated alkanes) is 13. The third-order valence-corrected chi connectivity index (χ3v) is 8.94. The molecule has 1 N–H and O–H groups in total. The van der Waals surface area contributed by atoms with Gasteiger partial charge in [-0.25, -0.2) is 0 Å². The molecule has 240 valence electrons. The molecule has 5 nitrogen and oxygen atoms in total. The largest absolute Gasteiger partial charge is 0.497 e. The van der Waals surface area contributed by atoms with Crippen LogP contribution in [-0.4, -0.2) is 30.4 Å². The number of halogens is 1. The van der Waals surface area contributed by atoms with Crippen molar-refractivity contribution < 1.29 is 14.3 Å². The molecular formula is C36H55BrN2O3S. The topological polar surface area (TPSA) is 50.8 Å². The summed E-state index contributed by atoms with van der Waals surface area (Å²) in [4.78, 5) is 15.2.